The minimum Gasteiger partial charge on any atom is -0.274 e. The number of imide groups is 1. The molecule has 2 aromatic rings. The number of rotatable bonds is 3. The third-order valence-corrected chi connectivity index (χ3v) is 6.42. The maximum Gasteiger partial charge on any atom is 0.244 e. The zero-order valence-corrected chi connectivity index (χ0v) is 15.2. The Morgan fingerprint density at radius 2 is 1.48 bits per heavy atom. The van der Waals surface area contributed by atoms with Crippen LogP contribution in [0.3, 0.4) is 0 Å². The highest BCUT2D eigenvalue weighted by Gasteiger charge is 2.64. The van der Waals surface area contributed by atoms with E-state index in [1.54, 1.807) is 0 Å². The molecule has 0 radical (unpaired) electrons. The van der Waals surface area contributed by atoms with Gasteiger partial charge in [0.25, 0.3) is 0 Å². The first kappa shape index (κ1) is 16.2. The Bertz CT molecular complexity index is 946. The number of hydrogen-bond donors (Lipinski definition) is 0. The molecule has 4 aliphatic rings. The highest BCUT2D eigenvalue weighted by molar-refractivity contribution is 6.11. The van der Waals surface area contributed by atoms with E-state index in [9.17, 15) is 9.59 Å². The summed E-state index contributed by atoms with van der Waals surface area (Å²) < 4.78 is 0. The average molecular weight is 355 g/mol. The Morgan fingerprint density at radius 1 is 0.889 bits per heavy atom. The molecule has 3 heteroatoms. The molecule has 3 atom stereocenters. The topological polar surface area (TPSA) is 37.4 Å². The number of likely N-dealkylation sites (tertiary alicyclic amines) is 1. The van der Waals surface area contributed by atoms with Crippen molar-refractivity contribution in [3.63, 3.8) is 0 Å². The van der Waals surface area contributed by atoms with Crippen LogP contribution in [-0.4, -0.2) is 16.7 Å². The molecule has 2 amide bonds. The summed E-state index contributed by atoms with van der Waals surface area (Å²) in [5.41, 5.74) is 1.27. The predicted molar refractivity (Wildman–Crippen MR) is 104 cm³/mol. The van der Waals surface area contributed by atoms with Gasteiger partial charge in [0, 0.05) is 11.8 Å². The lowest BCUT2D eigenvalue weighted by Crippen LogP contribution is -2.42. The minimum absolute atomic E-state index is 0.00521. The van der Waals surface area contributed by atoms with Crippen molar-refractivity contribution in [2.75, 3.05) is 0 Å². The summed E-state index contributed by atoms with van der Waals surface area (Å²) in [5, 5.41) is 0. The molecule has 0 aromatic heterocycles. The molecule has 3 aliphatic carbocycles. The average Bonchev–Trinajstić information content (AvgIpc) is 2.96. The normalized spacial score (nSPS) is 32.0. The van der Waals surface area contributed by atoms with Crippen molar-refractivity contribution < 1.29 is 9.59 Å². The summed E-state index contributed by atoms with van der Waals surface area (Å²) in [6.07, 6.45) is 8.16. The largest absolute Gasteiger partial charge is 0.274 e. The highest BCUT2D eigenvalue weighted by Crippen LogP contribution is 2.58. The third kappa shape index (κ3) is 2.14. The SMILES string of the molecule is CC(c1ccccc1)N1C(=O)[C@@H]2[C@@H](c3ccccc3)C3C=CC2(C=C3)C1=O. The molecule has 1 spiro atoms. The van der Waals surface area contributed by atoms with Crippen molar-refractivity contribution in [1.29, 1.82) is 0 Å². The number of carbonyl (C=O) groups is 2. The van der Waals surface area contributed by atoms with Crippen molar-refractivity contribution >= 4 is 11.8 Å². The summed E-state index contributed by atoms with van der Waals surface area (Å²) in [7, 11) is 0. The fraction of sp³-hybridized carbons (Fsp3) is 0.250. The molecule has 1 unspecified atom stereocenters. The van der Waals surface area contributed by atoms with Crippen LogP contribution in [0.4, 0.5) is 0 Å². The standard InChI is InChI=1S/C24H21NO2/c1-16(17-8-4-2-5-9-17)25-22(26)21-20(18-10-6-3-7-11-18)19-12-14-24(21,15-13-19)23(25)27/h2-16,19-21H,1H3/t16?,19?,20-,21-,24?/m0/s1. The van der Waals surface area contributed by atoms with Gasteiger partial charge in [-0.3, -0.25) is 14.5 Å². The van der Waals surface area contributed by atoms with Crippen LogP contribution in [0.25, 0.3) is 0 Å². The summed E-state index contributed by atoms with van der Waals surface area (Å²) in [4.78, 5) is 28.6. The van der Waals surface area contributed by atoms with Crippen LogP contribution in [-0.2, 0) is 9.59 Å². The zero-order chi connectivity index (χ0) is 18.6. The van der Waals surface area contributed by atoms with E-state index in [0.717, 1.165) is 11.1 Å². The fourth-order valence-electron chi connectivity index (χ4n) is 5.06. The van der Waals surface area contributed by atoms with Crippen molar-refractivity contribution in [2.45, 2.75) is 18.9 Å². The van der Waals surface area contributed by atoms with E-state index in [2.05, 4.69) is 24.3 Å². The van der Waals surface area contributed by atoms with Gasteiger partial charge in [0.15, 0.2) is 0 Å². The van der Waals surface area contributed by atoms with Crippen LogP contribution >= 0.6 is 0 Å². The van der Waals surface area contributed by atoms with Gasteiger partial charge in [-0.25, -0.2) is 0 Å². The van der Waals surface area contributed by atoms with E-state index < -0.39 is 5.41 Å². The molecule has 1 heterocycles. The molecule has 6 rings (SSSR count). The van der Waals surface area contributed by atoms with E-state index in [0.29, 0.717) is 0 Å². The molecule has 2 bridgehead atoms. The van der Waals surface area contributed by atoms with Crippen LogP contribution in [0, 0.1) is 17.3 Å². The molecule has 134 valence electrons. The number of carbonyl (C=O) groups excluding carboxylic acids is 2. The van der Waals surface area contributed by atoms with E-state index in [1.807, 2.05) is 67.6 Å². The van der Waals surface area contributed by atoms with Crippen LogP contribution in [0.1, 0.15) is 30.0 Å². The fourth-order valence-corrected chi connectivity index (χ4v) is 5.06. The van der Waals surface area contributed by atoms with E-state index in [4.69, 9.17) is 0 Å². The lowest BCUT2D eigenvalue weighted by molar-refractivity contribution is -0.142. The van der Waals surface area contributed by atoms with Crippen LogP contribution in [0.2, 0.25) is 0 Å². The molecule has 27 heavy (non-hydrogen) atoms. The molecule has 2 aromatic carbocycles. The summed E-state index contributed by atoms with van der Waals surface area (Å²) >= 11 is 0. The summed E-state index contributed by atoms with van der Waals surface area (Å²) in [6.45, 7) is 1.94. The van der Waals surface area contributed by atoms with E-state index >= 15 is 0 Å². The number of hydrogen-bond acceptors (Lipinski definition) is 2. The molecule has 0 N–H and O–H groups in total. The van der Waals surface area contributed by atoms with Gasteiger partial charge in [0.1, 0.15) is 0 Å². The second kappa shape index (κ2) is 5.78. The van der Waals surface area contributed by atoms with Crippen molar-refractivity contribution in [3.8, 4) is 0 Å². The van der Waals surface area contributed by atoms with Gasteiger partial charge in [-0.15, -0.1) is 0 Å². The molecule has 0 saturated carbocycles. The number of nitrogens with zero attached hydrogens (tertiary/aromatic N) is 1. The van der Waals surface area contributed by atoms with Crippen molar-refractivity contribution in [3.05, 3.63) is 96.1 Å². The smallest absolute Gasteiger partial charge is 0.244 e. The number of amides is 2. The third-order valence-electron chi connectivity index (χ3n) is 6.42. The quantitative estimate of drug-likeness (QED) is 0.609. The number of allylic oxidation sites excluding steroid dienone is 2. The highest BCUT2D eigenvalue weighted by atomic mass is 16.2. The maximum absolute atomic E-state index is 13.6. The first-order valence-corrected chi connectivity index (χ1v) is 9.49. The van der Waals surface area contributed by atoms with Gasteiger partial charge in [0.2, 0.25) is 11.8 Å². The molecule has 3 nitrogen and oxygen atoms in total. The zero-order valence-electron chi connectivity index (χ0n) is 15.2. The minimum atomic E-state index is -0.838. The Balaban J connectivity index is 1.61. The van der Waals surface area contributed by atoms with Gasteiger partial charge in [-0.1, -0.05) is 85.0 Å². The van der Waals surface area contributed by atoms with Gasteiger partial charge >= 0.3 is 0 Å². The van der Waals surface area contributed by atoms with Crippen LogP contribution in [0.5, 0.6) is 0 Å². The predicted octanol–water partition coefficient (Wildman–Crippen LogP) is 4.26. The summed E-state index contributed by atoms with van der Waals surface area (Å²) in [6, 6.07) is 19.6. The summed E-state index contributed by atoms with van der Waals surface area (Å²) in [5.74, 6) is -0.350. The van der Waals surface area contributed by atoms with Crippen LogP contribution in [0.15, 0.2) is 85.0 Å². The monoisotopic (exact) mass is 355 g/mol. The first-order chi connectivity index (χ1) is 13.1. The van der Waals surface area contributed by atoms with Crippen LogP contribution < -0.4 is 0 Å². The maximum atomic E-state index is 13.6. The van der Waals surface area contributed by atoms with E-state index in [-0.39, 0.29) is 35.6 Å². The second-order valence-electron chi connectivity index (χ2n) is 7.74. The Hall–Kier alpha value is -2.94. The van der Waals surface area contributed by atoms with Crippen molar-refractivity contribution in [2.24, 2.45) is 17.3 Å². The molecule has 1 saturated heterocycles. The van der Waals surface area contributed by atoms with Gasteiger partial charge < -0.3 is 0 Å². The van der Waals surface area contributed by atoms with Gasteiger partial charge in [-0.2, -0.15) is 0 Å². The lowest BCUT2D eigenvalue weighted by Gasteiger charge is -2.42. The lowest BCUT2D eigenvalue weighted by atomic mass is 9.57. The Labute approximate surface area is 159 Å². The first-order valence-electron chi connectivity index (χ1n) is 9.49. The van der Waals surface area contributed by atoms with Gasteiger partial charge in [0.05, 0.1) is 17.4 Å². The second-order valence-corrected chi connectivity index (χ2v) is 7.74. The van der Waals surface area contributed by atoms with E-state index in [1.165, 1.54) is 4.90 Å². The molecule has 1 aliphatic heterocycles. The van der Waals surface area contributed by atoms with Gasteiger partial charge in [-0.05, 0) is 18.1 Å². The molecule has 1 fully saturated rings. The molecular weight excluding hydrogens is 334 g/mol. The molecular formula is C24H21NO2. The number of benzene rings is 2. The Morgan fingerprint density at radius 3 is 2.11 bits per heavy atom. The van der Waals surface area contributed by atoms with Crippen molar-refractivity contribution in [1.82, 2.24) is 4.90 Å². The Kier molecular flexibility index (Phi) is 3.48.